The van der Waals surface area contributed by atoms with E-state index >= 15 is 0 Å². The highest BCUT2D eigenvalue weighted by molar-refractivity contribution is 5.17. The van der Waals surface area contributed by atoms with Crippen LogP contribution in [0.15, 0.2) is 30.3 Å². The summed E-state index contributed by atoms with van der Waals surface area (Å²) >= 11 is 0. The molecule has 28 heavy (non-hydrogen) atoms. The molecule has 1 rings (SSSR count). The van der Waals surface area contributed by atoms with Crippen molar-refractivity contribution in [2.24, 2.45) is 0 Å². The third kappa shape index (κ3) is 15.0. The van der Waals surface area contributed by atoms with Crippen LogP contribution in [0.5, 0.6) is 5.75 Å². The molecule has 0 aromatic heterocycles. The SMILES string of the molecule is CCCCC[N+](CCCCC)(CCCCC)CCCCC.[O-]c1ccccc1. The Morgan fingerprint density at radius 2 is 0.857 bits per heavy atom. The number of rotatable bonds is 16. The van der Waals surface area contributed by atoms with Crippen molar-refractivity contribution in [3.63, 3.8) is 0 Å². The maximum atomic E-state index is 10.3. The molecular formula is C26H49NO. The van der Waals surface area contributed by atoms with Crippen LogP contribution in [0.1, 0.15) is 105 Å². The van der Waals surface area contributed by atoms with Gasteiger partial charge in [0.25, 0.3) is 0 Å². The Kier molecular flexibility index (Phi) is 18.6. The van der Waals surface area contributed by atoms with Crippen LogP contribution in [0.25, 0.3) is 0 Å². The lowest BCUT2D eigenvalue weighted by Gasteiger charge is -2.39. The van der Waals surface area contributed by atoms with Gasteiger partial charge in [0.2, 0.25) is 0 Å². The number of hydrogen-bond donors (Lipinski definition) is 0. The minimum absolute atomic E-state index is 0.0718. The molecule has 2 heteroatoms. The number of hydrogen-bond acceptors (Lipinski definition) is 1. The number of unbranched alkanes of at least 4 members (excludes halogenated alkanes) is 8. The summed E-state index contributed by atoms with van der Waals surface area (Å²) in [6.07, 6.45) is 16.9. The number of quaternary nitrogens is 1. The molecule has 0 saturated carbocycles. The Balaban J connectivity index is 0.000000861. The van der Waals surface area contributed by atoms with Gasteiger partial charge < -0.3 is 9.59 Å². The van der Waals surface area contributed by atoms with Gasteiger partial charge in [0.05, 0.1) is 26.2 Å². The lowest BCUT2D eigenvalue weighted by atomic mass is 10.1. The predicted molar refractivity (Wildman–Crippen MR) is 124 cm³/mol. The van der Waals surface area contributed by atoms with E-state index in [1.165, 1.54) is 120 Å². The van der Waals surface area contributed by atoms with E-state index in [0.717, 1.165) is 0 Å². The molecule has 0 atom stereocenters. The van der Waals surface area contributed by atoms with Crippen molar-refractivity contribution in [2.75, 3.05) is 26.2 Å². The zero-order valence-corrected chi connectivity index (χ0v) is 19.6. The molecule has 0 unspecified atom stereocenters. The Morgan fingerprint density at radius 1 is 0.536 bits per heavy atom. The van der Waals surface area contributed by atoms with Crippen LogP contribution in [0.4, 0.5) is 0 Å². The van der Waals surface area contributed by atoms with Gasteiger partial charge in [0, 0.05) is 0 Å². The first-order chi connectivity index (χ1) is 13.6. The van der Waals surface area contributed by atoms with Crippen LogP contribution in [-0.4, -0.2) is 30.7 Å². The lowest BCUT2D eigenvalue weighted by molar-refractivity contribution is -0.929. The van der Waals surface area contributed by atoms with Gasteiger partial charge in [0.15, 0.2) is 0 Å². The molecular weight excluding hydrogens is 342 g/mol. The van der Waals surface area contributed by atoms with E-state index in [1.807, 2.05) is 6.07 Å². The molecule has 0 radical (unpaired) electrons. The molecule has 0 spiro atoms. The second-order valence-corrected chi connectivity index (χ2v) is 8.38. The molecule has 0 aliphatic heterocycles. The minimum Gasteiger partial charge on any atom is -0.872 e. The van der Waals surface area contributed by atoms with E-state index in [4.69, 9.17) is 0 Å². The molecule has 0 aliphatic rings. The summed E-state index contributed by atoms with van der Waals surface area (Å²) in [5.41, 5.74) is 0. The van der Waals surface area contributed by atoms with E-state index in [0.29, 0.717) is 0 Å². The van der Waals surface area contributed by atoms with E-state index in [2.05, 4.69) is 27.7 Å². The molecule has 0 N–H and O–H groups in total. The maximum Gasteiger partial charge on any atom is 0.0786 e. The summed E-state index contributed by atoms with van der Waals surface area (Å²) in [5, 5.41) is 10.3. The molecule has 1 aromatic rings. The van der Waals surface area contributed by atoms with Crippen molar-refractivity contribution in [3.05, 3.63) is 30.3 Å². The summed E-state index contributed by atoms with van der Waals surface area (Å²) in [4.78, 5) is 0. The molecule has 1 aromatic carbocycles. The first kappa shape index (κ1) is 27.0. The molecule has 0 heterocycles. The van der Waals surface area contributed by atoms with Gasteiger partial charge in [-0.2, -0.15) is 0 Å². The second-order valence-electron chi connectivity index (χ2n) is 8.38. The van der Waals surface area contributed by atoms with Crippen LogP contribution < -0.4 is 5.11 Å². The van der Waals surface area contributed by atoms with E-state index in [-0.39, 0.29) is 5.75 Å². The predicted octanol–water partition coefficient (Wildman–Crippen LogP) is 7.32. The topological polar surface area (TPSA) is 23.1 Å². The van der Waals surface area contributed by atoms with Gasteiger partial charge in [0.1, 0.15) is 0 Å². The van der Waals surface area contributed by atoms with E-state index in [9.17, 15) is 5.11 Å². The third-order valence-electron chi connectivity index (χ3n) is 5.69. The van der Waals surface area contributed by atoms with Crippen molar-refractivity contribution < 1.29 is 9.59 Å². The van der Waals surface area contributed by atoms with Crippen LogP contribution >= 0.6 is 0 Å². The van der Waals surface area contributed by atoms with Crippen LogP contribution in [-0.2, 0) is 0 Å². The Bertz CT molecular complexity index is 372. The van der Waals surface area contributed by atoms with Gasteiger partial charge in [-0.3, -0.25) is 0 Å². The zero-order valence-electron chi connectivity index (χ0n) is 19.6. The quantitative estimate of drug-likeness (QED) is 0.214. The van der Waals surface area contributed by atoms with Crippen molar-refractivity contribution in [3.8, 4) is 5.75 Å². The van der Waals surface area contributed by atoms with Crippen LogP contribution in [0, 0.1) is 0 Å². The molecule has 0 amide bonds. The monoisotopic (exact) mass is 391 g/mol. The molecule has 0 bridgehead atoms. The van der Waals surface area contributed by atoms with Gasteiger partial charge in [-0.1, -0.05) is 83.7 Å². The molecule has 164 valence electrons. The van der Waals surface area contributed by atoms with Gasteiger partial charge in [-0.05, 0) is 51.4 Å². The summed E-state index contributed by atoms with van der Waals surface area (Å²) in [6.45, 7) is 15.1. The van der Waals surface area contributed by atoms with Crippen molar-refractivity contribution in [1.82, 2.24) is 0 Å². The summed E-state index contributed by atoms with van der Waals surface area (Å²) in [6, 6.07) is 8.33. The van der Waals surface area contributed by atoms with Crippen LogP contribution in [0.2, 0.25) is 0 Å². The fraction of sp³-hybridized carbons (Fsp3) is 0.769. The Labute approximate surface area is 177 Å². The minimum atomic E-state index is 0.0718. The van der Waals surface area contributed by atoms with Crippen molar-refractivity contribution in [2.45, 2.75) is 105 Å². The first-order valence-electron chi connectivity index (χ1n) is 12.2. The normalized spacial score (nSPS) is 11.1. The van der Waals surface area contributed by atoms with Crippen molar-refractivity contribution >= 4 is 0 Å². The van der Waals surface area contributed by atoms with Gasteiger partial charge in [-0.15, -0.1) is 5.75 Å². The number of para-hydroxylation sites is 1. The highest BCUT2D eigenvalue weighted by atomic mass is 16.3. The highest BCUT2D eigenvalue weighted by Crippen LogP contribution is 2.18. The van der Waals surface area contributed by atoms with E-state index in [1.54, 1.807) is 12.1 Å². The standard InChI is InChI=1S/C20H44N.C6H6O/c1-5-9-13-17-21(18-14-10-6-2,19-15-11-7-3)20-16-12-8-4;7-6-4-2-1-3-5-6/h5-20H2,1-4H3;1-5,7H/q+1;/p-1. The molecule has 0 saturated heterocycles. The molecule has 2 nitrogen and oxygen atoms in total. The first-order valence-corrected chi connectivity index (χ1v) is 12.2. The lowest BCUT2D eigenvalue weighted by Crippen LogP contribution is -2.50. The van der Waals surface area contributed by atoms with Crippen LogP contribution in [0.3, 0.4) is 0 Å². The zero-order chi connectivity index (χ0) is 20.9. The Morgan fingerprint density at radius 3 is 1.07 bits per heavy atom. The molecule has 0 aliphatic carbocycles. The third-order valence-corrected chi connectivity index (χ3v) is 5.69. The average molecular weight is 392 g/mol. The fourth-order valence-electron chi connectivity index (χ4n) is 3.88. The highest BCUT2D eigenvalue weighted by Gasteiger charge is 2.25. The smallest absolute Gasteiger partial charge is 0.0786 e. The maximum absolute atomic E-state index is 10.3. The average Bonchev–Trinajstić information content (AvgIpc) is 2.70. The summed E-state index contributed by atoms with van der Waals surface area (Å²) in [5.74, 6) is 0.0718. The Hall–Kier alpha value is -1.02. The fourth-order valence-corrected chi connectivity index (χ4v) is 3.88. The summed E-state index contributed by atoms with van der Waals surface area (Å²) in [7, 11) is 0. The van der Waals surface area contributed by atoms with Gasteiger partial charge >= 0.3 is 0 Å². The molecule has 0 fully saturated rings. The second kappa shape index (κ2) is 19.3. The summed E-state index contributed by atoms with van der Waals surface area (Å²) < 4.78 is 1.44. The largest absolute Gasteiger partial charge is 0.872 e. The number of nitrogens with zero attached hydrogens (tertiary/aromatic N) is 1. The number of benzene rings is 1. The van der Waals surface area contributed by atoms with E-state index < -0.39 is 0 Å². The van der Waals surface area contributed by atoms with Gasteiger partial charge in [-0.25, -0.2) is 0 Å². The van der Waals surface area contributed by atoms with Crippen molar-refractivity contribution in [1.29, 1.82) is 0 Å².